The van der Waals surface area contributed by atoms with Crippen molar-refractivity contribution in [3.05, 3.63) is 65.5 Å². The molecule has 0 amide bonds. The topological polar surface area (TPSA) is 71.8 Å². The summed E-state index contributed by atoms with van der Waals surface area (Å²) in [5.74, 6) is 0.858. The lowest BCUT2D eigenvalue weighted by Crippen LogP contribution is -2.04. The van der Waals surface area contributed by atoms with Crippen LogP contribution in [0.15, 0.2) is 42.7 Å². The van der Waals surface area contributed by atoms with Gasteiger partial charge in [0.25, 0.3) is 0 Å². The Morgan fingerprint density at radius 2 is 2.04 bits per heavy atom. The monoisotopic (exact) mass is 340 g/mol. The quantitative estimate of drug-likeness (QED) is 0.561. The van der Waals surface area contributed by atoms with Crippen molar-refractivity contribution in [2.24, 2.45) is 0 Å². The van der Waals surface area contributed by atoms with E-state index in [0.717, 1.165) is 53.5 Å². The van der Waals surface area contributed by atoms with Gasteiger partial charge in [0.1, 0.15) is 23.1 Å². The molecule has 0 spiro atoms. The standard InChI is InChI=1S/C20H16N6/c1-13-4-2-6-17(23-13)20-24-16-5-3-7-18(16)26(20)14-8-9-19-22-11-15(10-21)25(19)12-14/h2,4,6,8-9,11-12H,3,5,7H2,1H3. The number of nitriles is 1. The average molecular weight is 340 g/mol. The second kappa shape index (κ2) is 5.53. The molecule has 0 saturated heterocycles. The van der Waals surface area contributed by atoms with Gasteiger partial charge in [-0.1, -0.05) is 6.07 Å². The predicted octanol–water partition coefficient (Wildman–Crippen LogP) is 3.25. The maximum atomic E-state index is 9.32. The number of hydrogen-bond acceptors (Lipinski definition) is 4. The number of imidazole rings is 2. The molecule has 0 bridgehead atoms. The number of aryl methyl sites for hydroxylation is 2. The predicted molar refractivity (Wildman–Crippen MR) is 97.0 cm³/mol. The molecule has 4 aromatic heterocycles. The molecule has 126 valence electrons. The highest BCUT2D eigenvalue weighted by Crippen LogP contribution is 2.31. The first-order valence-electron chi connectivity index (χ1n) is 8.67. The van der Waals surface area contributed by atoms with Gasteiger partial charge >= 0.3 is 0 Å². The van der Waals surface area contributed by atoms with Crippen molar-refractivity contribution in [2.45, 2.75) is 26.2 Å². The van der Waals surface area contributed by atoms with E-state index in [-0.39, 0.29) is 0 Å². The SMILES string of the molecule is Cc1cccc(-c2nc3c(n2-c2ccc4ncc(C#N)n4c2)CCC3)n1. The Morgan fingerprint density at radius 3 is 2.88 bits per heavy atom. The molecule has 1 aliphatic rings. The Morgan fingerprint density at radius 1 is 1.12 bits per heavy atom. The van der Waals surface area contributed by atoms with Gasteiger partial charge < -0.3 is 0 Å². The van der Waals surface area contributed by atoms with Crippen LogP contribution in [-0.2, 0) is 12.8 Å². The highest BCUT2D eigenvalue weighted by molar-refractivity contribution is 5.59. The highest BCUT2D eigenvalue weighted by Gasteiger charge is 2.24. The fourth-order valence-electron chi connectivity index (χ4n) is 3.68. The van der Waals surface area contributed by atoms with Crippen LogP contribution in [0.3, 0.4) is 0 Å². The minimum Gasteiger partial charge on any atom is -0.294 e. The molecular formula is C20H16N6. The zero-order valence-electron chi connectivity index (χ0n) is 14.3. The van der Waals surface area contributed by atoms with Gasteiger partial charge in [0.05, 0.1) is 17.6 Å². The zero-order valence-corrected chi connectivity index (χ0v) is 14.3. The smallest absolute Gasteiger partial charge is 0.163 e. The van der Waals surface area contributed by atoms with E-state index in [9.17, 15) is 5.26 Å². The van der Waals surface area contributed by atoms with E-state index >= 15 is 0 Å². The maximum Gasteiger partial charge on any atom is 0.163 e. The Balaban J connectivity index is 1.78. The summed E-state index contributed by atoms with van der Waals surface area (Å²) in [5, 5.41) is 9.32. The Kier molecular flexibility index (Phi) is 3.16. The maximum absolute atomic E-state index is 9.32. The summed E-state index contributed by atoms with van der Waals surface area (Å²) in [6, 6.07) is 12.2. The molecule has 0 saturated carbocycles. The fourth-order valence-corrected chi connectivity index (χ4v) is 3.68. The molecule has 5 rings (SSSR count). The van der Waals surface area contributed by atoms with E-state index in [4.69, 9.17) is 4.98 Å². The Bertz CT molecular complexity index is 1190. The normalized spacial score (nSPS) is 13.1. The summed E-state index contributed by atoms with van der Waals surface area (Å²) in [6.45, 7) is 1.99. The van der Waals surface area contributed by atoms with Crippen LogP contribution in [0.1, 0.15) is 29.2 Å². The largest absolute Gasteiger partial charge is 0.294 e. The van der Waals surface area contributed by atoms with Gasteiger partial charge in [0.2, 0.25) is 0 Å². The number of rotatable bonds is 2. The number of aromatic nitrogens is 5. The molecule has 6 nitrogen and oxygen atoms in total. The third-order valence-corrected chi connectivity index (χ3v) is 4.86. The van der Waals surface area contributed by atoms with Gasteiger partial charge in [0.15, 0.2) is 5.82 Å². The first-order valence-corrected chi connectivity index (χ1v) is 8.67. The molecule has 0 atom stereocenters. The van der Waals surface area contributed by atoms with Gasteiger partial charge in [-0.25, -0.2) is 15.0 Å². The van der Waals surface area contributed by atoms with Gasteiger partial charge in [-0.2, -0.15) is 5.26 Å². The van der Waals surface area contributed by atoms with Crippen molar-refractivity contribution in [1.29, 1.82) is 5.26 Å². The summed E-state index contributed by atoms with van der Waals surface area (Å²) in [6.07, 6.45) is 6.68. The molecule has 1 aliphatic carbocycles. The minimum absolute atomic E-state index is 0.522. The van der Waals surface area contributed by atoms with Crippen molar-refractivity contribution in [1.82, 2.24) is 23.9 Å². The van der Waals surface area contributed by atoms with Crippen LogP contribution < -0.4 is 0 Å². The molecule has 0 aliphatic heterocycles. The summed E-state index contributed by atoms with van der Waals surface area (Å²) in [4.78, 5) is 13.9. The molecule has 0 fully saturated rings. The van der Waals surface area contributed by atoms with Crippen molar-refractivity contribution in [3.63, 3.8) is 0 Å². The molecule has 0 N–H and O–H groups in total. The van der Waals surface area contributed by atoms with E-state index in [1.165, 1.54) is 5.69 Å². The molecule has 4 aromatic rings. The lowest BCUT2D eigenvalue weighted by molar-refractivity contribution is 0.844. The van der Waals surface area contributed by atoms with E-state index < -0.39 is 0 Å². The highest BCUT2D eigenvalue weighted by atomic mass is 15.1. The number of fused-ring (bicyclic) bond motifs is 2. The molecule has 6 heteroatoms. The van der Waals surface area contributed by atoms with Gasteiger partial charge in [-0.15, -0.1) is 0 Å². The van der Waals surface area contributed by atoms with Crippen LogP contribution in [0.2, 0.25) is 0 Å². The van der Waals surface area contributed by atoms with Crippen LogP contribution in [0.4, 0.5) is 0 Å². The van der Waals surface area contributed by atoms with Gasteiger partial charge in [-0.05, 0) is 50.5 Å². The lowest BCUT2D eigenvalue weighted by atomic mass is 10.2. The Hall–Kier alpha value is -3.46. The van der Waals surface area contributed by atoms with Crippen molar-refractivity contribution < 1.29 is 0 Å². The molecule has 0 unspecified atom stereocenters. The van der Waals surface area contributed by atoms with E-state index in [0.29, 0.717) is 5.69 Å². The first kappa shape index (κ1) is 14.8. The van der Waals surface area contributed by atoms with Gasteiger partial charge in [-0.3, -0.25) is 8.97 Å². The van der Waals surface area contributed by atoms with E-state index in [1.54, 1.807) is 6.20 Å². The average Bonchev–Trinajstić information content (AvgIpc) is 3.34. The number of hydrogen-bond donors (Lipinski definition) is 0. The summed E-state index contributed by atoms with van der Waals surface area (Å²) in [5.41, 5.74) is 6.47. The molecule has 0 radical (unpaired) electrons. The third kappa shape index (κ3) is 2.14. The van der Waals surface area contributed by atoms with Crippen molar-refractivity contribution >= 4 is 5.65 Å². The zero-order chi connectivity index (χ0) is 17.7. The second-order valence-electron chi connectivity index (χ2n) is 6.55. The first-order chi connectivity index (χ1) is 12.7. The van der Waals surface area contributed by atoms with E-state index in [2.05, 4.69) is 20.6 Å². The number of nitrogens with zero attached hydrogens (tertiary/aromatic N) is 6. The molecular weight excluding hydrogens is 324 g/mol. The number of pyridine rings is 2. The van der Waals surface area contributed by atoms with Crippen molar-refractivity contribution in [2.75, 3.05) is 0 Å². The third-order valence-electron chi connectivity index (χ3n) is 4.86. The fraction of sp³-hybridized carbons (Fsp3) is 0.200. The lowest BCUT2D eigenvalue weighted by Gasteiger charge is -2.12. The minimum atomic E-state index is 0.522. The van der Waals surface area contributed by atoms with Crippen LogP contribution >= 0.6 is 0 Å². The molecule has 26 heavy (non-hydrogen) atoms. The second-order valence-corrected chi connectivity index (χ2v) is 6.55. The van der Waals surface area contributed by atoms with Crippen molar-refractivity contribution in [3.8, 4) is 23.3 Å². The van der Waals surface area contributed by atoms with Crippen LogP contribution in [-0.4, -0.2) is 23.9 Å². The molecule has 0 aromatic carbocycles. The summed E-state index contributed by atoms with van der Waals surface area (Å²) >= 11 is 0. The van der Waals surface area contributed by atoms with E-state index in [1.807, 2.05) is 47.9 Å². The summed E-state index contributed by atoms with van der Waals surface area (Å²) in [7, 11) is 0. The van der Waals surface area contributed by atoms with Gasteiger partial charge in [0, 0.05) is 17.6 Å². The Labute approximate surface area is 150 Å². The summed E-state index contributed by atoms with van der Waals surface area (Å²) < 4.78 is 4.01. The molecule has 4 heterocycles. The van der Waals surface area contributed by atoms with Crippen LogP contribution in [0.5, 0.6) is 0 Å². The van der Waals surface area contributed by atoms with Crippen LogP contribution in [0, 0.1) is 18.3 Å². The van der Waals surface area contributed by atoms with Crippen LogP contribution in [0.25, 0.3) is 22.9 Å².